The van der Waals surface area contributed by atoms with Gasteiger partial charge in [0.15, 0.2) is 5.82 Å². The molecular weight excluding hydrogens is 354 g/mol. The predicted octanol–water partition coefficient (Wildman–Crippen LogP) is 3.87. The molecule has 0 bridgehead atoms. The number of amides is 1. The van der Waals surface area contributed by atoms with Crippen molar-refractivity contribution in [1.29, 1.82) is 0 Å². The van der Waals surface area contributed by atoms with Crippen molar-refractivity contribution >= 4 is 17.7 Å². The second-order valence-electron chi connectivity index (χ2n) is 6.70. The number of nitrogens with zero attached hydrogens (tertiary/aromatic N) is 5. The smallest absolute Gasteiger partial charge is 0.410 e. The van der Waals surface area contributed by atoms with E-state index in [-0.39, 0.29) is 6.09 Å². The molecule has 1 aliphatic carbocycles. The summed E-state index contributed by atoms with van der Waals surface area (Å²) in [6, 6.07) is 5.71. The summed E-state index contributed by atoms with van der Waals surface area (Å²) >= 11 is 6.29. The van der Waals surface area contributed by atoms with Gasteiger partial charge in [-0.05, 0) is 54.8 Å². The van der Waals surface area contributed by atoms with Gasteiger partial charge in [-0.2, -0.15) is 4.68 Å². The van der Waals surface area contributed by atoms with Crippen LogP contribution >= 0.6 is 11.6 Å². The first-order chi connectivity index (χ1) is 12.5. The van der Waals surface area contributed by atoms with Gasteiger partial charge < -0.3 is 4.74 Å². The summed E-state index contributed by atoms with van der Waals surface area (Å²) in [4.78, 5) is 14.2. The highest BCUT2D eigenvalue weighted by Crippen LogP contribution is 2.41. The van der Waals surface area contributed by atoms with Gasteiger partial charge in [0.2, 0.25) is 0 Å². The number of carbonyl (C=O) groups excluding carboxylic acids is 1. The lowest BCUT2D eigenvalue weighted by Crippen LogP contribution is -2.50. The molecule has 0 radical (unpaired) electrons. The number of hydrogen-bond acceptors (Lipinski definition) is 5. The molecule has 0 unspecified atom stereocenters. The van der Waals surface area contributed by atoms with Gasteiger partial charge in [0.1, 0.15) is 5.54 Å². The van der Waals surface area contributed by atoms with E-state index in [2.05, 4.69) is 15.5 Å². The molecule has 3 rings (SSSR count). The zero-order valence-corrected chi connectivity index (χ0v) is 16.2. The van der Waals surface area contributed by atoms with Crippen molar-refractivity contribution in [2.75, 3.05) is 13.7 Å². The van der Waals surface area contributed by atoms with Gasteiger partial charge in [-0.25, -0.2) is 4.79 Å². The minimum Gasteiger partial charge on any atom is -0.450 e. The molecule has 1 fully saturated rings. The van der Waals surface area contributed by atoms with Crippen LogP contribution in [0.15, 0.2) is 18.2 Å². The van der Waals surface area contributed by atoms with E-state index in [9.17, 15) is 4.79 Å². The molecule has 1 aliphatic rings. The minimum absolute atomic E-state index is 0.331. The molecule has 0 atom stereocenters. The van der Waals surface area contributed by atoms with Crippen molar-refractivity contribution in [3.05, 3.63) is 34.6 Å². The first kappa shape index (κ1) is 18.6. The normalized spacial score (nSPS) is 16.3. The number of hydrogen-bond donors (Lipinski definition) is 0. The standard InChI is InChI=1S/C18H24ClN5O2/c1-4-26-17(25)23(3)18(10-6-5-7-11-18)16-20-21-22-24(16)14-9-8-13(2)15(19)12-14/h8-9,12H,4-7,10-11H2,1-3H3. The third kappa shape index (κ3) is 3.28. The number of ether oxygens (including phenoxy) is 1. The third-order valence-corrected chi connectivity index (χ3v) is 5.56. The number of aromatic nitrogens is 4. The summed E-state index contributed by atoms with van der Waals surface area (Å²) in [6.45, 7) is 4.08. The van der Waals surface area contributed by atoms with Crippen molar-refractivity contribution in [3.8, 4) is 5.69 Å². The summed E-state index contributed by atoms with van der Waals surface area (Å²) in [7, 11) is 1.77. The Kier molecular flexibility index (Phi) is 5.46. The van der Waals surface area contributed by atoms with E-state index in [4.69, 9.17) is 16.3 Å². The second-order valence-corrected chi connectivity index (χ2v) is 7.11. The number of benzene rings is 1. The van der Waals surface area contributed by atoms with Crippen molar-refractivity contribution in [2.24, 2.45) is 0 Å². The molecular formula is C18H24ClN5O2. The highest BCUT2D eigenvalue weighted by Gasteiger charge is 2.45. The fourth-order valence-electron chi connectivity index (χ4n) is 3.61. The molecule has 0 N–H and O–H groups in total. The van der Waals surface area contributed by atoms with E-state index < -0.39 is 5.54 Å². The van der Waals surface area contributed by atoms with Crippen molar-refractivity contribution < 1.29 is 9.53 Å². The Morgan fingerprint density at radius 1 is 1.35 bits per heavy atom. The summed E-state index contributed by atoms with van der Waals surface area (Å²) < 4.78 is 6.94. The number of halogens is 1. The summed E-state index contributed by atoms with van der Waals surface area (Å²) in [5.74, 6) is 0.646. The van der Waals surface area contributed by atoms with E-state index in [1.165, 1.54) is 0 Å². The lowest BCUT2D eigenvalue weighted by atomic mass is 9.79. The molecule has 1 heterocycles. The summed E-state index contributed by atoms with van der Waals surface area (Å²) in [6.07, 6.45) is 4.38. The monoisotopic (exact) mass is 377 g/mol. The van der Waals surface area contributed by atoms with Gasteiger partial charge in [-0.3, -0.25) is 4.90 Å². The quantitative estimate of drug-likeness (QED) is 0.808. The minimum atomic E-state index is -0.592. The number of tetrazole rings is 1. The maximum absolute atomic E-state index is 12.5. The Morgan fingerprint density at radius 2 is 2.08 bits per heavy atom. The van der Waals surface area contributed by atoms with Crippen LogP contribution in [-0.4, -0.2) is 44.9 Å². The van der Waals surface area contributed by atoms with E-state index in [1.54, 1.807) is 23.6 Å². The van der Waals surface area contributed by atoms with Gasteiger partial charge in [0.05, 0.1) is 12.3 Å². The maximum Gasteiger partial charge on any atom is 0.410 e. The van der Waals surface area contributed by atoms with Crippen LogP contribution in [0, 0.1) is 6.92 Å². The molecule has 26 heavy (non-hydrogen) atoms. The third-order valence-electron chi connectivity index (χ3n) is 5.15. The van der Waals surface area contributed by atoms with Crippen molar-refractivity contribution in [1.82, 2.24) is 25.1 Å². The largest absolute Gasteiger partial charge is 0.450 e. The molecule has 0 aliphatic heterocycles. The number of aryl methyl sites for hydroxylation is 1. The zero-order chi connectivity index (χ0) is 18.7. The molecule has 8 heteroatoms. The van der Waals surface area contributed by atoms with Gasteiger partial charge >= 0.3 is 6.09 Å². The molecule has 1 aromatic heterocycles. The zero-order valence-electron chi connectivity index (χ0n) is 15.4. The molecule has 0 spiro atoms. The highest BCUT2D eigenvalue weighted by atomic mass is 35.5. The van der Waals surface area contributed by atoms with Crippen molar-refractivity contribution in [2.45, 2.75) is 51.5 Å². The lowest BCUT2D eigenvalue weighted by molar-refractivity contribution is 0.0390. The first-order valence-electron chi connectivity index (χ1n) is 8.95. The van der Waals surface area contributed by atoms with E-state index in [0.29, 0.717) is 17.5 Å². The Labute approximate surface area is 158 Å². The van der Waals surface area contributed by atoms with E-state index in [0.717, 1.165) is 43.4 Å². The van der Waals surface area contributed by atoms with Crippen LogP contribution in [0.1, 0.15) is 50.4 Å². The fraction of sp³-hybridized carbons (Fsp3) is 0.556. The average Bonchev–Trinajstić information content (AvgIpc) is 3.14. The van der Waals surface area contributed by atoms with E-state index in [1.807, 2.05) is 25.1 Å². The maximum atomic E-state index is 12.5. The fourth-order valence-corrected chi connectivity index (χ4v) is 3.78. The van der Waals surface area contributed by atoms with Crippen LogP contribution in [0.5, 0.6) is 0 Å². The SMILES string of the molecule is CCOC(=O)N(C)C1(c2nnnn2-c2ccc(C)c(Cl)c2)CCCCC1. The summed E-state index contributed by atoms with van der Waals surface area (Å²) in [5.41, 5.74) is 1.18. The Balaban J connectivity index is 2.07. The molecule has 1 aromatic carbocycles. The molecule has 7 nitrogen and oxygen atoms in total. The molecule has 0 saturated heterocycles. The molecule has 2 aromatic rings. The van der Waals surface area contributed by atoms with Crippen LogP contribution in [0.25, 0.3) is 5.69 Å². The molecule has 1 amide bonds. The lowest BCUT2D eigenvalue weighted by Gasteiger charge is -2.42. The Hall–Kier alpha value is -2.15. The Bertz CT molecular complexity index is 786. The van der Waals surface area contributed by atoms with Crippen molar-refractivity contribution in [3.63, 3.8) is 0 Å². The van der Waals surface area contributed by atoms with Crippen LogP contribution in [0.4, 0.5) is 4.79 Å². The molecule has 140 valence electrons. The van der Waals surface area contributed by atoms with Gasteiger partial charge in [-0.15, -0.1) is 5.10 Å². The molecule has 1 saturated carbocycles. The summed E-state index contributed by atoms with van der Waals surface area (Å²) in [5, 5.41) is 13.0. The van der Waals surface area contributed by atoms with Gasteiger partial charge in [0.25, 0.3) is 0 Å². The van der Waals surface area contributed by atoms with Gasteiger partial charge in [0, 0.05) is 12.1 Å². The van der Waals surface area contributed by atoms with Crippen LogP contribution < -0.4 is 0 Å². The first-order valence-corrected chi connectivity index (χ1v) is 9.33. The number of rotatable bonds is 4. The van der Waals surface area contributed by atoms with Gasteiger partial charge in [-0.1, -0.05) is 36.9 Å². The highest BCUT2D eigenvalue weighted by molar-refractivity contribution is 6.31. The number of carbonyl (C=O) groups is 1. The Morgan fingerprint density at radius 3 is 2.73 bits per heavy atom. The van der Waals surface area contributed by atoms with Crippen LogP contribution in [0.3, 0.4) is 0 Å². The van der Waals surface area contributed by atoms with E-state index >= 15 is 0 Å². The second kappa shape index (κ2) is 7.61. The van der Waals surface area contributed by atoms with Crippen LogP contribution in [0.2, 0.25) is 5.02 Å². The predicted molar refractivity (Wildman–Crippen MR) is 98.4 cm³/mol. The topological polar surface area (TPSA) is 73.1 Å². The van der Waals surface area contributed by atoms with Crippen LogP contribution in [-0.2, 0) is 10.3 Å². The average molecular weight is 378 g/mol.